The molecule has 3 heterocycles. The van der Waals surface area contributed by atoms with Crippen LogP contribution in [0.2, 0.25) is 0 Å². The molecule has 1 aliphatic carbocycles. The van der Waals surface area contributed by atoms with Crippen molar-refractivity contribution < 1.29 is 13.9 Å². The van der Waals surface area contributed by atoms with Gasteiger partial charge in [0.15, 0.2) is 0 Å². The van der Waals surface area contributed by atoms with Crippen LogP contribution >= 0.6 is 0 Å². The Morgan fingerprint density at radius 3 is 2.79 bits per heavy atom. The van der Waals surface area contributed by atoms with Gasteiger partial charge in [0.05, 0.1) is 25.2 Å². The fraction of sp³-hybridized carbons (Fsp3) is 0.850. The molecule has 8 nitrogen and oxygen atoms in total. The van der Waals surface area contributed by atoms with E-state index in [4.69, 9.17) is 9.15 Å². The number of ether oxygens (including phenoxy) is 1. The summed E-state index contributed by atoms with van der Waals surface area (Å²) in [6.07, 6.45) is 4.25. The quantitative estimate of drug-likeness (QED) is 0.808. The lowest BCUT2D eigenvalue weighted by molar-refractivity contribution is -0.145. The predicted octanol–water partition coefficient (Wildman–Crippen LogP) is 1.21. The fourth-order valence-corrected chi connectivity index (χ4v) is 5.37. The maximum atomic E-state index is 13.4. The lowest BCUT2D eigenvalue weighted by atomic mass is 9.61. The highest BCUT2D eigenvalue weighted by molar-refractivity contribution is 5.83. The molecule has 4 rings (SSSR count). The van der Waals surface area contributed by atoms with E-state index in [2.05, 4.69) is 32.2 Å². The zero-order valence-corrected chi connectivity index (χ0v) is 17.2. The largest absolute Gasteiger partial charge is 0.424 e. The van der Waals surface area contributed by atoms with Crippen molar-refractivity contribution in [2.24, 2.45) is 11.3 Å². The molecule has 1 N–H and O–H groups in total. The molecule has 1 aromatic rings. The molecule has 3 atom stereocenters. The Labute approximate surface area is 167 Å². The average molecular weight is 392 g/mol. The van der Waals surface area contributed by atoms with Gasteiger partial charge in [0, 0.05) is 32.6 Å². The summed E-state index contributed by atoms with van der Waals surface area (Å²) in [5.41, 5.74) is -0.299. The van der Waals surface area contributed by atoms with Crippen molar-refractivity contribution in [2.75, 3.05) is 45.9 Å². The molecule has 0 radical (unpaired) electrons. The Balaban J connectivity index is 1.46. The first-order valence-electron chi connectivity index (χ1n) is 10.7. The molecule has 2 saturated heterocycles. The van der Waals surface area contributed by atoms with Crippen LogP contribution in [0.4, 0.5) is 0 Å². The van der Waals surface area contributed by atoms with Crippen LogP contribution in [0.15, 0.2) is 4.42 Å². The lowest BCUT2D eigenvalue weighted by Gasteiger charge is -2.53. The van der Waals surface area contributed by atoms with Gasteiger partial charge in [-0.3, -0.25) is 9.69 Å². The fourth-order valence-electron chi connectivity index (χ4n) is 5.37. The first kappa shape index (κ1) is 19.8. The predicted molar refractivity (Wildman–Crippen MR) is 104 cm³/mol. The molecular weight excluding hydrogens is 358 g/mol. The third-order valence-electron chi connectivity index (χ3n) is 6.99. The van der Waals surface area contributed by atoms with E-state index in [0.717, 1.165) is 71.6 Å². The molecular formula is C20H33N5O3. The van der Waals surface area contributed by atoms with Crippen LogP contribution in [0, 0.1) is 18.3 Å². The van der Waals surface area contributed by atoms with E-state index in [1.165, 1.54) is 0 Å². The van der Waals surface area contributed by atoms with Gasteiger partial charge in [0.1, 0.15) is 0 Å². The number of carbonyl (C=O) groups excluding carboxylic acids is 1. The van der Waals surface area contributed by atoms with Crippen LogP contribution in [0.5, 0.6) is 0 Å². The summed E-state index contributed by atoms with van der Waals surface area (Å²) in [7, 11) is 0. The molecule has 1 aromatic heterocycles. The molecule has 3 aliphatic rings. The minimum Gasteiger partial charge on any atom is -0.424 e. The highest BCUT2D eigenvalue weighted by atomic mass is 16.5. The van der Waals surface area contributed by atoms with Gasteiger partial charge in [0.25, 0.3) is 0 Å². The molecule has 1 amide bonds. The van der Waals surface area contributed by atoms with E-state index in [-0.39, 0.29) is 11.3 Å². The Morgan fingerprint density at radius 1 is 1.25 bits per heavy atom. The van der Waals surface area contributed by atoms with Gasteiger partial charge in [-0.1, -0.05) is 6.92 Å². The van der Waals surface area contributed by atoms with Crippen molar-refractivity contribution in [2.45, 2.75) is 52.1 Å². The molecule has 8 heteroatoms. The molecule has 156 valence electrons. The number of hydrogen-bond donors (Lipinski definition) is 1. The number of nitrogens with one attached hydrogen (secondary N) is 1. The van der Waals surface area contributed by atoms with Crippen LogP contribution in [0.1, 0.15) is 44.4 Å². The third-order valence-corrected chi connectivity index (χ3v) is 6.99. The number of aryl methyl sites for hydroxylation is 1. The second-order valence-corrected chi connectivity index (χ2v) is 8.48. The summed E-state index contributed by atoms with van der Waals surface area (Å²) in [5.74, 6) is 1.60. The zero-order chi connectivity index (χ0) is 19.6. The molecule has 3 fully saturated rings. The topological polar surface area (TPSA) is 83.7 Å². The summed E-state index contributed by atoms with van der Waals surface area (Å²) in [6, 6.07) is 0.585. The van der Waals surface area contributed by atoms with Gasteiger partial charge in [0.2, 0.25) is 17.7 Å². The molecule has 0 spiro atoms. The minimum absolute atomic E-state index is 0.159. The Hall–Kier alpha value is -1.51. The molecule has 0 aromatic carbocycles. The molecule has 28 heavy (non-hydrogen) atoms. The summed E-state index contributed by atoms with van der Waals surface area (Å²) in [4.78, 5) is 18.4. The van der Waals surface area contributed by atoms with Crippen molar-refractivity contribution in [1.29, 1.82) is 0 Å². The SMILES string of the molecule is CCN1CC[C@@H]2C[C@@H](N3CCOCC3)CC[C@@]2(C(=O)NCc2nnc(C)o2)C1. The Kier molecular flexibility index (Phi) is 5.99. The molecule has 0 unspecified atom stereocenters. The second kappa shape index (κ2) is 8.47. The van der Waals surface area contributed by atoms with Gasteiger partial charge in [-0.05, 0) is 44.7 Å². The van der Waals surface area contributed by atoms with Crippen LogP contribution in [0.25, 0.3) is 0 Å². The van der Waals surface area contributed by atoms with Crippen LogP contribution in [0.3, 0.4) is 0 Å². The van der Waals surface area contributed by atoms with E-state index in [9.17, 15) is 4.79 Å². The normalized spacial score (nSPS) is 32.1. The number of morpholine rings is 1. The number of aromatic nitrogens is 2. The summed E-state index contributed by atoms with van der Waals surface area (Å²) >= 11 is 0. The van der Waals surface area contributed by atoms with E-state index in [0.29, 0.717) is 30.3 Å². The van der Waals surface area contributed by atoms with Gasteiger partial charge in [-0.2, -0.15) is 0 Å². The minimum atomic E-state index is -0.299. The van der Waals surface area contributed by atoms with Crippen molar-refractivity contribution in [3.63, 3.8) is 0 Å². The van der Waals surface area contributed by atoms with Gasteiger partial charge in [-0.15, -0.1) is 10.2 Å². The van der Waals surface area contributed by atoms with Gasteiger partial charge in [-0.25, -0.2) is 0 Å². The number of likely N-dealkylation sites (tertiary alicyclic amines) is 1. The monoisotopic (exact) mass is 391 g/mol. The third kappa shape index (κ3) is 3.95. The van der Waals surface area contributed by atoms with Crippen molar-refractivity contribution >= 4 is 5.91 Å². The van der Waals surface area contributed by atoms with Crippen LogP contribution in [-0.4, -0.2) is 77.9 Å². The molecule has 2 aliphatic heterocycles. The number of piperidine rings is 1. The molecule has 0 bridgehead atoms. The van der Waals surface area contributed by atoms with Gasteiger partial charge < -0.3 is 19.4 Å². The highest BCUT2D eigenvalue weighted by Crippen LogP contribution is 2.47. The highest BCUT2D eigenvalue weighted by Gasteiger charge is 2.52. The standard InChI is InChI=1S/C20H33N5O3/c1-3-24-7-5-16-12-17(25-8-10-27-11-9-25)4-6-20(16,14-24)19(26)21-13-18-23-22-15(2)28-18/h16-17H,3-14H2,1-2H3,(H,21,26)/t16-,17+,20-/m1/s1. The first-order valence-corrected chi connectivity index (χ1v) is 10.7. The van der Waals surface area contributed by atoms with E-state index >= 15 is 0 Å². The van der Waals surface area contributed by atoms with Crippen molar-refractivity contribution in [3.05, 3.63) is 11.8 Å². The smallest absolute Gasteiger partial charge is 0.235 e. The van der Waals surface area contributed by atoms with E-state index < -0.39 is 0 Å². The van der Waals surface area contributed by atoms with Gasteiger partial charge >= 0.3 is 0 Å². The zero-order valence-electron chi connectivity index (χ0n) is 17.2. The summed E-state index contributed by atoms with van der Waals surface area (Å²) < 4.78 is 11.0. The Morgan fingerprint density at radius 2 is 2.07 bits per heavy atom. The number of fused-ring (bicyclic) bond motifs is 1. The van der Waals surface area contributed by atoms with Crippen molar-refractivity contribution in [3.8, 4) is 0 Å². The first-order chi connectivity index (χ1) is 13.6. The lowest BCUT2D eigenvalue weighted by Crippen LogP contribution is -2.60. The van der Waals surface area contributed by atoms with E-state index in [1.807, 2.05) is 0 Å². The number of carbonyl (C=O) groups is 1. The maximum Gasteiger partial charge on any atom is 0.235 e. The number of nitrogens with zero attached hydrogens (tertiary/aromatic N) is 4. The number of amides is 1. The number of rotatable bonds is 5. The van der Waals surface area contributed by atoms with Crippen LogP contribution in [-0.2, 0) is 16.1 Å². The molecule has 1 saturated carbocycles. The summed E-state index contributed by atoms with van der Waals surface area (Å²) in [5, 5.41) is 11.0. The van der Waals surface area contributed by atoms with E-state index in [1.54, 1.807) is 6.92 Å². The maximum absolute atomic E-state index is 13.4. The van der Waals surface area contributed by atoms with Crippen molar-refractivity contribution in [1.82, 2.24) is 25.3 Å². The van der Waals surface area contributed by atoms with Crippen LogP contribution < -0.4 is 5.32 Å². The summed E-state index contributed by atoms with van der Waals surface area (Å²) in [6.45, 7) is 10.9. The number of hydrogen-bond acceptors (Lipinski definition) is 7. The average Bonchev–Trinajstić information content (AvgIpc) is 3.16. The second-order valence-electron chi connectivity index (χ2n) is 8.48. The Bertz CT molecular complexity index is 675.